The van der Waals surface area contributed by atoms with E-state index in [-0.39, 0.29) is 25.6 Å². The maximum atomic E-state index is 12.4. The number of halogens is 3. The van der Waals surface area contributed by atoms with Gasteiger partial charge in [-0.25, -0.2) is 15.0 Å². The molecule has 2 aromatic rings. The maximum Gasteiger partial charge on any atom is 0.471 e. The first-order valence-electron chi connectivity index (χ1n) is 10.4. The Labute approximate surface area is 202 Å². The number of aliphatic hydroxyl groups excluding tert-OH is 1. The predicted molar refractivity (Wildman–Crippen MR) is 120 cm³/mol. The molecule has 0 aliphatic carbocycles. The van der Waals surface area contributed by atoms with Gasteiger partial charge < -0.3 is 29.4 Å². The van der Waals surface area contributed by atoms with Gasteiger partial charge in [0.1, 0.15) is 31.0 Å². The molecule has 0 bridgehead atoms. The van der Waals surface area contributed by atoms with Crippen molar-refractivity contribution in [2.24, 2.45) is 10.1 Å². The Bertz CT molecular complexity index is 1230. The molecular weight excluding hydrogens is 487 g/mol. The number of fused-ring (bicyclic) bond motifs is 1. The lowest BCUT2D eigenvalue weighted by molar-refractivity contribution is -0.173. The van der Waals surface area contributed by atoms with Crippen LogP contribution >= 0.6 is 0 Å². The quantitative estimate of drug-likeness (QED) is 0.136. The van der Waals surface area contributed by atoms with Gasteiger partial charge in [-0.1, -0.05) is 17.0 Å². The zero-order valence-corrected chi connectivity index (χ0v) is 19.2. The van der Waals surface area contributed by atoms with Crippen molar-refractivity contribution < 1.29 is 32.5 Å². The van der Waals surface area contributed by atoms with Crippen molar-refractivity contribution in [3.05, 3.63) is 28.5 Å². The van der Waals surface area contributed by atoms with Crippen LogP contribution in [0.4, 0.5) is 19.0 Å². The first-order chi connectivity index (χ1) is 17.2. The fraction of sp³-hybridized carbons (Fsp3) is 0.500. The van der Waals surface area contributed by atoms with Gasteiger partial charge >= 0.3 is 12.1 Å². The van der Waals surface area contributed by atoms with Crippen LogP contribution in [0.1, 0.15) is 18.2 Å². The van der Waals surface area contributed by atoms with E-state index in [2.05, 4.69) is 36.8 Å². The molecule has 3 rings (SSSR count). The smallest absolute Gasteiger partial charge is 0.394 e. The number of ether oxygens (including phenoxy) is 2. The summed E-state index contributed by atoms with van der Waals surface area (Å²) in [5.41, 5.74) is 9.16. The highest BCUT2D eigenvalue weighted by Crippen LogP contribution is 2.36. The standard InChI is InChI=1S/C20H22F3N9O4/c1-31(2)10-28-17-16-12(4-3-5-25-19(34)20(21,22)23)7-32(18(16)27-9-26-17)15-6-13(14(8-33)36-15)35-11-29-30-24/h7,9-10,13-15,33H,5-6,8,11H2,1-2H3,(H,25,34). The third-order valence-electron chi connectivity index (χ3n) is 4.90. The number of aliphatic imine (C=N–C) groups is 1. The van der Waals surface area contributed by atoms with E-state index in [0.717, 1.165) is 0 Å². The molecule has 1 aliphatic rings. The molecule has 16 heteroatoms. The molecule has 3 atom stereocenters. The van der Waals surface area contributed by atoms with Crippen LogP contribution in [0.3, 0.4) is 0 Å². The molecule has 1 saturated heterocycles. The zero-order chi connectivity index (χ0) is 26.3. The lowest BCUT2D eigenvalue weighted by atomic mass is 10.2. The van der Waals surface area contributed by atoms with Crippen molar-refractivity contribution in [1.29, 1.82) is 0 Å². The summed E-state index contributed by atoms with van der Waals surface area (Å²) in [6.45, 7) is -1.14. The molecule has 3 unspecified atom stereocenters. The van der Waals surface area contributed by atoms with E-state index < -0.39 is 37.1 Å². The number of hydrogen-bond acceptors (Lipinski definition) is 8. The average Bonchev–Trinajstić information content (AvgIpc) is 3.41. The Balaban J connectivity index is 1.97. The number of hydrogen-bond donors (Lipinski definition) is 2. The first-order valence-corrected chi connectivity index (χ1v) is 10.4. The molecule has 0 aromatic carbocycles. The second-order valence-corrected chi connectivity index (χ2v) is 7.65. The summed E-state index contributed by atoms with van der Waals surface area (Å²) in [7, 11) is 3.52. The van der Waals surface area contributed by atoms with Crippen molar-refractivity contribution in [2.75, 3.05) is 34.0 Å². The molecule has 192 valence electrons. The fourth-order valence-corrected chi connectivity index (χ4v) is 3.38. The Kier molecular flexibility index (Phi) is 8.67. The van der Waals surface area contributed by atoms with Gasteiger partial charge in [0.25, 0.3) is 0 Å². The number of rotatable bonds is 8. The zero-order valence-electron chi connectivity index (χ0n) is 19.2. The van der Waals surface area contributed by atoms with E-state index in [1.54, 1.807) is 35.1 Å². The lowest BCUT2D eigenvalue weighted by Gasteiger charge is -2.15. The topological polar surface area (TPSA) is 163 Å². The fourth-order valence-electron chi connectivity index (χ4n) is 3.38. The maximum absolute atomic E-state index is 12.4. The summed E-state index contributed by atoms with van der Waals surface area (Å²) in [5, 5.41) is 15.1. The van der Waals surface area contributed by atoms with E-state index in [1.165, 1.54) is 12.7 Å². The number of amides is 1. The molecule has 13 nitrogen and oxygen atoms in total. The molecule has 36 heavy (non-hydrogen) atoms. The Hall–Kier alpha value is -3.90. The van der Waals surface area contributed by atoms with Crippen molar-refractivity contribution >= 4 is 29.1 Å². The largest absolute Gasteiger partial charge is 0.471 e. The second kappa shape index (κ2) is 11.7. The molecule has 1 amide bonds. The number of aliphatic hydroxyl groups is 1. The number of carbonyl (C=O) groups is 1. The molecule has 1 fully saturated rings. The highest BCUT2D eigenvalue weighted by molar-refractivity contribution is 5.93. The number of alkyl halides is 3. The van der Waals surface area contributed by atoms with Crippen molar-refractivity contribution in [3.63, 3.8) is 0 Å². The van der Waals surface area contributed by atoms with Crippen LogP contribution in [0, 0.1) is 11.8 Å². The highest BCUT2D eigenvalue weighted by atomic mass is 19.4. The minimum atomic E-state index is -5.01. The van der Waals surface area contributed by atoms with E-state index >= 15 is 0 Å². The normalized spacial score (nSPS) is 19.7. The van der Waals surface area contributed by atoms with Gasteiger partial charge in [-0.2, -0.15) is 13.2 Å². The van der Waals surface area contributed by atoms with Gasteiger partial charge in [-0.3, -0.25) is 4.79 Å². The third-order valence-corrected chi connectivity index (χ3v) is 4.90. The lowest BCUT2D eigenvalue weighted by Crippen LogP contribution is -2.36. The van der Waals surface area contributed by atoms with E-state index in [4.69, 9.17) is 15.0 Å². The van der Waals surface area contributed by atoms with E-state index in [9.17, 15) is 23.1 Å². The molecule has 0 saturated carbocycles. The number of nitrogens with one attached hydrogen (secondary N) is 1. The molecule has 2 aromatic heterocycles. The third kappa shape index (κ3) is 6.40. The SMILES string of the molecule is CN(C)C=Nc1ncnc2c1c(C#CCNC(=O)C(F)(F)F)cn2C1CC(OCN=[N+]=[N-])C(CO)O1. The van der Waals surface area contributed by atoms with Crippen LogP contribution in [0.15, 0.2) is 22.6 Å². The van der Waals surface area contributed by atoms with Gasteiger partial charge in [0.15, 0.2) is 5.82 Å². The predicted octanol–water partition coefficient (Wildman–Crippen LogP) is 1.62. The molecular formula is C20H22F3N9O4. The van der Waals surface area contributed by atoms with Crippen molar-refractivity contribution in [1.82, 2.24) is 24.8 Å². The van der Waals surface area contributed by atoms with Gasteiger partial charge in [0.05, 0.1) is 36.5 Å². The summed E-state index contributed by atoms with van der Waals surface area (Å²) in [4.78, 5) is 28.1. The summed E-state index contributed by atoms with van der Waals surface area (Å²) in [6.07, 6.45) is -2.33. The van der Waals surface area contributed by atoms with Crippen LogP contribution in [0.2, 0.25) is 0 Å². The first kappa shape index (κ1) is 26.7. The van der Waals surface area contributed by atoms with Gasteiger partial charge in [0, 0.05) is 31.6 Å². The monoisotopic (exact) mass is 509 g/mol. The van der Waals surface area contributed by atoms with Crippen LogP contribution in [0.25, 0.3) is 21.5 Å². The van der Waals surface area contributed by atoms with Gasteiger partial charge in [0.2, 0.25) is 0 Å². The summed E-state index contributed by atoms with van der Waals surface area (Å²) >= 11 is 0. The highest BCUT2D eigenvalue weighted by Gasteiger charge is 2.38. The molecule has 0 spiro atoms. The van der Waals surface area contributed by atoms with E-state index in [0.29, 0.717) is 16.6 Å². The Morgan fingerprint density at radius 1 is 1.50 bits per heavy atom. The summed E-state index contributed by atoms with van der Waals surface area (Å²) in [5.74, 6) is 3.38. The minimum absolute atomic E-state index is 0.244. The van der Waals surface area contributed by atoms with Crippen LogP contribution in [-0.2, 0) is 14.3 Å². The number of azide groups is 1. The molecule has 0 radical (unpaired) electrons. The summed E-state index contributed by atoms with van der Waals surface area (Å²) < 4.78 is 50.3. The van der Waals surface area contributed by atoms with Gasteiger partial charge in [-0.05, 0) is 5.53 Å². The number of carbonyl (C=O) groups excluding carboxylic acids is 1. The second-order valence-electron chi connectivity index (χ2n) is 7.65. The van der Waals surface area contributed by atoms with Crippen molar-refractivity contribution in [3.8, 4) is 11.8 Å². The van der Waals surface area contributed by atoms with Crippen LogP contribution in [0.5, 0.6) is 0 Å². The molecule has 3 heterocycles. The van der Waals surface area contributed by atoms with Crippen LogP contribution < -0.4 is 5.32 Å². The summed E-state index contributed by atoms with van der Waals surface area (Å²) in [6, 6.07) is 0. The number of aromatic nitrogens is 3. The van der Waals surface area contributed by atoms with E-state index in [1.807, 2.05) is 0 Å². The van der Waals surface area contributed by atoms with Gasteiger partial charge in [-0.15, -0.1) is 0 Å². The van der Waals surface area contributed by atoms with Crippen molar-refractivity contribution in [2.45, 2.75) is 31.0 Å². The van der Waals surface area contributed by atoms with Crippen LogP contribution in [-0.4, -0.2) is 89.1 Å². The average molecular weight is 509 g/mol. The Morgan fingerprint density at radius 3 is 2.94 bits per heavy atom. The Morgan fingerprint density at radius 2 is 2.28 bits per heavy atom. The molecule has 2 N–H and O–H groups in total. The number of nitrogens with zero attached hydrogens (tertiary/aromatic N) is 8. The minimum Gasteiger partial charge on any atom is -0.394 e. The molecule has 1 aliphatic heterocycles.